The molecule has 0 spiro atoms. The zero-order chi connectivity index (χ0) is 4.41. The van der Waals surface area contributed by atoms with Crippen molar-refractivity contribution in [3.8, 4) is 0 Å². The Labute approximate surface area is 45.9 Å². The first-order chi connectivity index (χ1) is 2.89. The summed E-state index contributed by atoms with van der Waals surface area (Å²) in [7, 11) is 0. The smallest absolute Gasteiger partial charge is 0.101 e. The van der Waals surface area contributed by atoms with Crippen molar-refractivity contribution in [3.05, 3.63) is 16.2 Å². The standard InChI is InChI=1S/C4H3ClS/c5-4-2-1-3-6-4/h1H,3H2. The van der Waals surface area contributed by atoms with Crippen LogP contribution in [0, 0.1) is 0 Å². The molecular formula is C4H3ClS. The number of rotatable bonds is 0. The largest absolute Gasteiger partial charge is 0.116 e. The molecule has 1 heterocycles. The zero-order valence-corrected chi connectivity index (χ0v) is 4.64. The maximum absolute atomic E-state index is 5.45. The van der Waals surface area contributed by atoms with Crippen LogP contribution in [-0.2, 0) is 0 Å². The van der Waals surface area contributed by atoms with Crippen LogP contribution >= 0.6 is 23.4 Å². The molecule has 6 heavy (non-hydrogen) atoms. The SMILES string of the molecule is ClC1=C=CCS1. The van der Waals surface area contributed by atoms with Crippen molar-refractivity contribution in [2.45, 2.75) is 0 Å². The summed E-state index contributed by atoms with van der Waals surface area (Å²) < 4.78 is 0.787. The van der Waals surface area contributed by atoms with E-state index in [4.69, 9.17) is 11.6 Å². The lowest BCUT2D eigenvalue weighted by molar-refractivity contribution is 1.85. The third-order valence-corrected chi connectivity index (χ3v) is 1.65. The molecule has 0 N–H and O–H groups in total. The molecule has 0 saturated heterocycles. The second-order valence-electron chi connectivity index (χ2n) is 0.933. The van der Waals surface area contributed by atoms with Crippen molar-refractivity contribution in [1.29, 1.82) is 0 Å². The van der Waals surface area contributed by atoms with Gasteiger partial charge in [0.25, 0.3) is 0 Å². The van der Waals surface area contributed by atoms with Gasteiger partial charge in [-0.05, 0) is 6.08 Å². The molecule has 1 aliphatic heterocycles. The first kappa shape index (κ1) is 4.32. The van der Waals surface area contributed by atoms with Crippen LogP contribution < -0.4 is 0 Å². The molecule has 32 valence electrons. The van der Waals surface area contributed by atoms with Gasteiger partial charge in [0.05, 0.1) is 0 Å². The summed E-state index contributed by atoms with van der Waals surface area (Å²) in [5.41, 5.74) is 2.84. The highest BCUT2D eigenvalue weighted by Crippen LogP contribution is 2.22. The van der Waals surface area contributed by atoms with Gasteiger partial charge in [-0.2, -0.15) is 0 Å². The summed E-state index contributed by atoms with van der Waals surface area (Å²) in [4.78, 5) is 0. The molecule has 0 aromatic rings. The summed E-state index contributed by atoms with van der Waals surface area (Å²) in [5.74, 6) is 0.999. The Morgan fingerprint density at radius 1 is 2.00 bits per heavy atom. The van der Waals surface area contributed by atoms with Crippen molar-refractivity contribution in [1.82, 2.24) is 0 Å². The lowest BCUT2D eigenvalue weighted by atomic mass is 10.7. The molecule has 2 heteroatoms. The molecule has 0 nitrogen and oxygen atoms in total. The van der Waals surface area contributed by atoms with Crippen LogP contribution in [0.4, 0.5) is 0 Å². The Kier molecular flexibility index (Phi) is 1.25. The predicted octanol–water partition coefficient (Wildman–Crippen LogP) is 1.97. The minimum absolute atomic E-state index is 0.787. The molecule has 0 unspecified atom stereocenters. The molecule has 1 aliphatic rings. The molecule has 0 amide bonds. The highest BCUT2D eigenvalue weighted by Gasteiger charge is 1.92. The van der Waals surface area contributed by atoms with E-state index in [9.17, 15) is 0 Å². The lowest BCUT2D eigenvalue weighted by Crippen LogP contribution is -1.53. The van der Waals surface area contributed by atoms with Crippen LogP contribution in [0.5, 0.6) is 0 Å². The van der Waals surface area contributed by atoms with E-state index in [2.05, 4.69) is 5.73 Å². The Balaban J connectivity index is 2.71. The molecule has 0 aromatic heterocycles. The van der Waals surface area contributed by atoms with Crippen LogP contribution in [0.2, 0.25) is 0 Å². The van der Waals surface area contributed by atoms with Crippen molar-refractivity contribution in [3.63, 3.8) is 0 Å². The summed E-state index contributed by atoms with van der Waals surface area (Å²) in [5, 5.41) is 0. The molecule has 0 radical (unpaired) electrons. The van der Waals surface area contributed by atoms with E-state index in [0.717, 1.165) is 10.1 Å². The third kappa shape index (κ3) is 0.810. The fraction of sp³-hybridized carbons (Fsp3) is 0.250. The van der Waals surface area contributed by atoms with Gasteiger partial charge in [-0.25, -0.2) is 0 Å². The Bertz CT molecular complexity index is 111. The maximum Gasteiger partial charge on any atom is 0.116 e. The Morgan fingerprint density at radius 2 is 2.83 bits per heavy atom. The van der Waals surface area contributed by atoms with Gasteiger partial charge >= 0.3 is 0 Å². The van der Waals surface area contributed by atoms with Crippen molar-refractivity contribution < 1.29 is 0 Å². The Morgan fingerprint density at radius 3 is 3.00 bits per heavy atom. The fourth-order valence-corrected chi connectivity index (χ4v) is 1.02. The third-order valence-electron chi connectivity index (χ3n) is 0.509. The minimum Gasteiger partial charge on any atom is -0.101 e. The first-order valence-corrected chi connectivity index (χ1v) is 2.99. The zero-order valence-electron chi connectivity index (χ0n) is 3.07. The van der Waals surface area contributed by atoms with Crippen LogP contribution in [0.1, 0.15) is 0 Å². The van der Waals surface area contributed by atoms with Gasteiger partial charge in [-0.1, -0.05) is 17.3 Å². The average molecular weight is 119 g/mol. The highest BCUT2D eigenvalue weighted by molar-refractivity contribution is 8.04. The molecule has 1 rings (SSSR count). The number of hydrogen-bond acceptors (Lipinski definition) is 1. The first-order valence-electron chi connectivity index (χ1n) is 1.63. The second kappa shape index (κ2) is 1.74. The molecule has 0 aliphatic carbocycles. The van der Waals surface area contributed by atoms with Gasteiger partial charge in [0.2, 0.25) is 0 Å². The van der Waals surface area contributed by atoms with Gasteiger partial charge in [-0.3, -0.25) is 0 Å². The Hall–Kier alpha value is 0.160. The van der Waals surface area contributed by atoms with E-state index in [-0.39, 0.29) is 0 Å². The van der Waals surface area contributed by atoms with E-state index >= 15 is 0 Å². The monoisotopic (exact) mass is 118 g/mol. The van der Waals surface area contributed by atoms with Crippen molar-refractivity contribution in [2.75, 3.05) is 5.75 Å². The molecule has 0 atom stereocenters. The summed E-state index contributed by atoms with van der Waals surface area (Å²) in [6, 6.07) is 0. The van der Waals surface area contributed by atoms with E-state index < -0.39 is 0 Å². The fourth-order valence-electron chi connectivity index (χ4n) is 0.278. The maximum atomic E-state index is 5.45. The summed E-state index contributed by atoms with van der Waals surface area (Å²) >= 11 is 7.06. The van der Waals surface area contributed by atoms with Crippen molar-refractivity contribution >= 4 is 23.4 Å². The van der Waals surface area contributed by atoms with Crippen molar-refractivity contribution in [2.24, 2.45) is 0 Å². The number of hydrogen-bond donors (Lipinski definition) is 0. The van der Waals surface area contributed by atoms with Gasteiger partial charge < -0.3 is 0 Å². The predicted molar refractivity (Wildman–Crippen MR) is 29.9 cm³/mol. The van der Waals surface area contributed by atoms with Gasteiger partial charge in [0.15, 0.2) is 0 Å². The summed E-state index contributed by atoms with van der Waals surface area (Å²) in [6.45, 7) is 0. The van der Waals surface area contributed by atoms with E-state index in [1.165, 1.54) is 0 Å². The van der Waals surface area contributed by atoms with E-state index in [1.54, 1.807) is 11.8 Å². The van der Waals surface area contributed by atoms with E-state index in [0.29, 0.717) is 0 Å². The lowest BCUT2D eigenvalue weighted by Gasteiger charge is -1.76. The van der Waals surface area contributed by atoms with Crippen LogP contribution in [-0.4, -0.2) is 5.75 Å². The van der Waals surface area contributed by atoms with Crippen LogP contribution in [0.15, 0.2) is 16.2 Å². The summed E-state index contributed by atoms with van der Waals surface area (Å²) in [6.07, 6.45) is 1.92. The van der Waals surface area contributed by atoms with Crippen LogP contribution in [0.3, 0.4) is 0 Å². The molecule has 0 bridgehead atoms. The second-order valence-corrected chi connectivity index (χ2v) is 2.57. The van der Waals surface area contributed by atoms with Gasteiger partial charge in [0, 0.05) is 5.75 Å². The van der Waals surface area contributed by atoms with E-state index in [1.807, 2.05) is 6.08 Å². The number of halogens is 1. The quantitative estimate of drug-likeness (QED) is 0.439. The average Bonchev–Trinajstić information content (AvgIpc) is 1.86. The minimum atomic E-state index is 0.787. The normalized spacial score (nSPS) is 18.5. The van der Waals surface area contributed by atoms with Gasteiger partial charge in [0.1, 0.15) is 4.36 Å². The molecule has 0 fully saturated rings. The molecule has 0 aromatic carbocycles. The van der Waals surface area contributed by atoms with Crippen LogP contribution in [0.25, 0.3) is 0 Å². The van der Waals surface area contributed by atoms with Gasteiger partial charge in [-0.15, -0.1) is 11.8 Å². The topological polar surface area (TPSA) is 0 Å². The highest BCUT2D eigenvalue weighted by atomic mass is 35.5. The number of thioether (sulfide) groups is 1. The molecule has 0 saturated carbocycles. The molecular weight excluding hydrogens is 116 g/mol.